The third-order valence-corrected chi connectivity index (χ3v) is 4.64. The zero-order valence-electron chi connectivity index (χ0n) is 16.8. The molecule has 3 rings (SSSR count). The molecule has 6 heteroatoms. The lowest BCUT2D eigenvalue weighted by atomic mass is 10.2. The van der Waals surface area contributed by atoms with Crippen LogP contribution in [0.15, 0.2) is 60.7 Å². The second kappa shape index (κ2) is 11.0. The fraction of sp³-hybridized carbons (Fsp3) is 0.391. The monoisotopic (exact) mass is 400 g/mol. The van der Waals surface area contributed by atoms with Gasteiger partial charge in [0.25, 0.3) is 0 Å². The van der Waals surface area contributed by atoms with Crippen molar-refractivity contribution < 1.29 is 28.8 Å². The number of ether oxygens (including phenoxy) is 5. The second-order valence-electron chi connectivity index (χ2n) is 6.78. The summed E-state index contributed by atoms with van der Waals surface area (Å²) in [6.07, 6.45) is 2.57. The van der Waals surface area contributed by atoms with E-state index in [0.717, 1.165) is 22.6 Å². The predicted octanol–water partition coefficient (Wildman–Crippen LogP) is 3.12. The molecule has 0 unspecified atom stereocenters. The Kier molecular flexibility index (Phi) is 8.07. The summed E-state index contributed by atoms with van der Waals surface area (Å²) in [6.45, 7) is 1.89. The van der Waals surface area contributed by atoms with Crippen molar-refractivity contribution in [1.29, 1.82) is 0 Å². The van der Waals surface area contributed by atoms with Gasteiger partial charge in [0, 0.05) is 0 Å². The summed E-state index contributed by atoms with van der Waals surface area (Å²) < 4.78 is 27.0. The lowest BCUT2D eigenvalue weighted by Gasteiger charge is -2.05. The zero-order valence-corrected chi connectivity index (χ0v) is 16.8. The van der Waals surface area contributed by atoms with Crippen LogP contribution in [-0.2, 0) is 27.4 Å². The van der Waals surface area contributed by atoms with Crippen molar-refractivity contribution in [2.75, 3.05) is 27.4 Å². The van der Waals surface area contributed by atoms with Crippen LogP contribution in [0.1, 0.15) is 11.1 Å². The van der Waals surface area contributed by atoms with E-state index in [2.05, 4.69) is 0 Å². The van der Waals surface area contributed by atoms with E-state index < -0.39 is 6.10 Å². The highest BCUT2D eigenvalue weighted by Gasteiger charge is 2.43. The van der Waals surface area contributed by atoms with E-state index in [1.54, 1.807) is 20.3 Å². The molecule has 1 aliphatic rings. The van der Waals surface area contributed by atoms with E-state index in [1.165, 1.54) is 0 Å². The molecule has 1 saturated heterocycles. The van der Waals surface area contributed by atoms with E-state index in [1.807, 2.05) is 54.6 Å². The molecule has 0 spiro atoms. The Morgan fingerprint density at radius 3 is 2.00 bits per heavy atom. The molecule has 2 aromatic carbocycles. The third-order valence-electron chi connectivity index (χ3n) is 4.64. The van der Waals surface area contributed by atoms with E-state index in [-0.39, 0.29) is 12.2 Å². The van der Waals surface area contributed by atoms with Gasteiger partial charge in [0.1, 0.15) is 29.8 Å². The van der Waals surface area contributed by atoms with E-state index in [9.17, 15) is 5.11 Å². The van der Waals surface area contributed by atoms with Crippen LogP contribution in [0.25, 0.3) is 0 Å². The maximum absolute atomic E-state index is 10.2. The minimum absolute atomic E-state index is 0.0758. The minimum Gasteiger partial charge on any atom is -0.497 e. The van der Waals surface area contributed by atoms with Crippen molar-refractivity contribution in [2.24, 2.45) is 0 Å². The lowest BCUT2D eigenvalue weighted by Crippen LogP contribution is -2.16. The maximum atomic E-state index is 10.2. The summed E-state index contributed by atoms with van der Waals surface area (Å²) in [7, 11) is 3.28. The molecule has 3 atom stereocenters. The van der Waals surface area contributed by atoms with Gasteiger partial charge in [-0.3, -0.25) is 0 Å². The maximum Gasteiger partial charge on any atom is 0.118 e. The summed E-state index contributed by atoms with van der Waals surface area (Å²) in [5, 5.41) is 10.2. The Balaban J connectivity index is 1.27. The number of hydrogen-bond donors (Lipinski definition) is 1. The van der Waals surface area contributed by atoms with Crippen LogP contribution in [0.3, 0.4) is 0 Å². The first-order valence-corrected chi connectivity index (χ1v) is 9.61. The Bertz CT molecular complexity index is 756. The second-order valence-corrected chi connectivity index (χ2v) is 6.78. The highest BCUT2D eigenvalue weighted by Crippen LogP contribution is 2.27. The highest BCUT2D eigenvalue weighted by atomic mass is 16.6. The quantitative estimate of drug-likeness (QED) is 0.335. The summed E-state index contributed by atoms with van der Waals surface area (Å²) in [5.74, 6) is 1.64. The topological polar surface area (TPSA) is 69.7 Å². The number of aliphatic hydroxyl groups excluding tert-OH is 1. The zero-order chi connectivity index (χ0) is 20.5. The number of rotatable bonds is 12. The molecule has 0 aliphatic carbocycles. The molecular formula is C23H28O6. The summed E-state index contributed by atoms with van der Waals surface area (Å²) in [4.78, 5) is 0. The van der Waals surface area contributed by atoms with Gasteiger partial charge in [0.05, 0.1) is 40.6 Å². The van der Waals surface area contributed by atoms with Gasteiger partial charge in [-0.1, -0.05) is 36.4 Å². The van der Waals surface area contributed by atoms with Gasteiger partial charge in [-0.15, -0.1) is 0 Å². The van der Waals surface area contributed by atoms with Crippen molar-refractivity contribution in [3.05, 3.63) is 71.8 Å². The van der Waals surface area contributed by atoms with Gasteiger partial charge < -0.3 is 28.8 Å². The average molecular weight is 400 g/mol. The molecular weight excluding hydrogens is 372 g/mol. The number of epoxide rings is 1. The van der Waals surface area contributed by atoms with Crippen LogP contribution in [0.2, 0.25) is 0 Å². The number of hydrogen-bond acceptors (Lipinski definition) is 6. The first-order valence-electron chi connectivity index (χ1n) is 9.61. The molecule has 1 N–H and O–H groups in total. The average Bonchev–Trinajstić information content (AvgIpc) is 3.54. The first kappa shape index (κ1) is 21.3. The summed E-state index contributed by atoms with van der Waals surface area (Å²) in [6, 6.07) is 15.5. The molecule has 1 fully saturated rings. The van der Waals surface area contributed by atoms with E-state index in [0.29, 0.717) is 26.4 Å². The minimum atomic E-state index is -0.658. The molecule has 0 saturated carbocycles. The molecule has 1 aliphatic heterocycles. The molecule has 156 valence electrons. The van der Waals surface area contributed by atoms with Crippen molar-refractivity contribution in [1.82, 2.24) is 0 Å². The van der Waals surface area contributed by atoms with Gasteiger partial charge in [-0.05, 0) is 35.4 Å². The molecule has 0 radical (unpaired) electrons. The first-order chi connectivity index (χ1) is 14.2. The largest absolute Gasteiger partial charge is 0.497 e. The van der Waals surface area contributed by atoms with E-state index >= 15 is 0 Å². The number of methoxy groups -OCH3 is 2. The third kappa shape index (κ3) is 6.87. The van der Waals surface area contributed by atoms with Crippen molar-refractivity contribution >= 4 is 0 Å². The normalized spacial score (nSPS) is 19.3. The SMILES string of the molecule is COc1ccc(COC/C=C/[C@H](O)[C@@H]2O[C@@H]2COCc2ccc(OC)cc2)cc1. The van der Waals surface area contributed by atoms with E-state index in [4.69, 9.17) is 23.7 Å². The highest BCUT2D eigenvalue weighted by molar-refractivity contribution is 5.27. The fourth-order valence-electron chi connectivity index (χ4n) is 2.88. The number of benzene rings is 2. The molecule has 2 aromatic rings. The molecule has 1 heterocycles. The van der Waals surface area contributed by atoms with Gasteiger partial charge in [-0.25, -0.2) is 0 Å². The van der Waals surface area contributed by atoms with Crippen LogP contribution in [-0.4, -0.2) is 50.9 Å². The van der Waals surface area contributed by atoms with Crippen LogP contribution >= 0.6 is 0 Å². The van der Waals surface area contributed by atoms with Crippen molar-refractivity contribution in [3.63, 3.8) is 0 Å². The summed E-state index contributed by atoms with van der Waals surface area (Å²) in [5.41, 5.74) is 2.14. The predicted molar refractivity (Wildman–Crippen MR) is 109 cm³/mol. The van der Waals surface area contributed by atoms with Gasteiger partial charge in [0.2, 0.25) is 0 Å². The lowest BCUT2D eigenvalue weighted by molar-refractivity contribution is 0.104. The molecule has 0 amide bonds. The van der Waals surface area contributed by atoms with Crippen molar-refractivity contribution in [3.8, 4) is 11.5 Å². The van der Waals surface area contributed by atoms with Gasteiger partial charge in [-0.2, -0.15) is 0 Å². The Morgan fingerprint density at radius 2 is 1.45 bits per heavy atom. The molecule has 0 aromatic heterocycles. The van der Waals surface area contributed by atoms with Gasteiger partial charge in [0.15, 0.2) is 0 Å². The van der Waals surface area contributed by atoms with Crippen LogP contribution in [0.4, 0.5) is 0 Å². The Morgan fingerprint density at radius 1 is 0.897 bits per heavy atom. The van der Waals surface area contributed by atoms with Crippen LogP contribution in [0, 0.1) is 0 Å². The molecule has 0 bridgehead atoms. The summed E-state index contributed by atoms with van der Waals surface area (Å²) >= 11 is 0. The van der Waals surface area contributed by atoms with Crippen molar-refractivity contribution in [2.45, 2.75) is 31.5 Å². The van der Waals surface area contributed by atoms with Crippen LogP contribution in [0.5, 0.6) is 11.5 Å². The number of aliphatic hydroxyl groups is 1. The standard InChI is InChI=1S/C23H28O6/c1-25-19-9-5-17(6-10-19)14-27-13-3-4-21(24)23-22(29-23)16-28-15-18-7-11-20(26-2)12-8-18/h3-12,21-24H,13-16H2,1-2H3/b4-3+/t21-,22+,23-/m0/s1. The van der Waals surface area contributed by atoms with Gasteiger partial charge >= 0.3 is 0 Å². The molecule has 6 nitrogen and oxygen atoms in total. The van der Waals surface area contributed by atoms with Crippen LogP contribution < -0.4 is 9.47 Å². The Hall–Kier alpha value is -2.38. The smallest absolute Gasteiger partial charge is 0.118 e. The Labute approximate surface area is 171 Å². The molecule has 29 heavy (non-hydrogen) atoms. The fourth-order valence-corrected chi connectivity index (χ4v) is 2.88.